The van der Waals surface area contributed by atoms with Crippen molar-refractivity contribution in [2.45, 2.75) is 45.3 Å². The number of aromatic nitrogens is 3. The Bertz CT molecular complexity index is 852. The molecule has 1 amide bonds. The molecule has 1 N–H and O–H groups in total. The van der Waals surface area contributed by atoms with E-state index >= 15 is 0 Å². The highest BCUT2D eigenvalue weighted by Gasteiger charge is 2.32. The van der Waals surface area contributed by atoms with Crippen LogP contribution >= 0.6 is 0 Å². The van der Waals surface area contributed by atoms with Crippen molar-refractivity contribution in [1.29, 1.82) is 0 Å². The molecule has 0 saturated carbocycles. The fraction of sp³-hybridized carbons (Fsp3) is 0.474. The predicted molar refractivity (Wildman–Crippen MR) is 96.8 cm³/mol. The van der Waals surface area contributed by atoms with Crippen LogP contribution < -0.4 is 10.9 Å². The number of pyridine rings is 1. The second kappa shape index (κ2) is 7.37. The monoisotopic (exact) mass is 356 g/mol. The summed E-state index contributed by atoms with van der Waals surface area (Å²) in [5, 5.41) is 2.75. The van der Waals surface area contributed by atoms with E-state index in [9.17, 15) is 9.59 Å². The number of hydrogen-bond acceptors (Lipinski definition) is 5. The Morgan fingerprint density at radius 1 is 1.31 bits per heavy atom. The van der Waals surface area contributed by atoms with Gasteiger partial charge in [-0.2, -0.15) is 0 Å². The standard InChI is InChI=1S/C19H24N4O3/c1-13-6-7-15(17(25)23(13)3)16(24)20-10-14-11-21-18(22-12-14)19(2)8-4-5-9-26-19/h6-7,11-12H,4-5,8-10H2,1-3H3,(H,20,24)/t19-/m1/s1. The molecule has 0 bridgehead atoms. The zero-order chi connectivity index (χ0) is 18.7. The zero-order valence-electron chi connectivity index (χ0n) is 15.4. The quantitative estimate of drug-likeness (QED) is 0.903. The zero-order valence-corrected chi connectivity index (χ0v) is 15.4. The number of amides is 1. The minimum Gasteiger partial charge on any atom is -0.367 e. The van der Waals surface area contributed by atoms with Crippen LogP contribution in [0.1, 0.15) is 53.6 Å². The lowest BCUT2D eigenvalue weighted by atomic mass is 9.95. The summed E-state index contributed by atoms with van der Waals surface area (Å²) in [4.78, 5) is 33.3. The van der Waals surface area contributed by atoms with Crippen LogP contribution in [0.2, 0.25) is 0 Å². The van der Waals surface area contributed by atoms with E-state index in [1.807, 2.05) is 13.8 Å². The second-order valence-corrected chi connectivity index (χ2v) is 6.89. The van der Waals surface area contributed by atoms with Crippen molar-refractivity contribution in [3.05, 3.63) is 57.5 Å². The van der Waals surface area contributed by atoms with Gasteiger partial charge in [0.2, 0.25) is 0 Å². The lowest BCUT2D eigenvalue weighted by Crippen LogP contribution is -2.33. The van der Waals surface area contributed by atoms with Gasteiger partial charge in [0.15, 0.2) is 5.82 Å². The maximum absolute atomic E-state index is 12.3. The van der Waals surface area contributed by atoms with Crippen molar-refractivity contribution in [3.63, 3.8) is 0 Å². The maximum atomic E-state index is 12.3. The number of nitrogens with one attached hydrogen (secondary N) is 1. The van der Waals surface area contributed by atoms with Crippen molar-refractivity contribution < 1.29 is 9.53 Å². The van der Waals surface area contributed by atoms with Crippen LogP contribution in [0.25, 0.3) is 0 Å². The molecule has 138 valence electrons. The number of ether oxygens (including phenoxy) is 1. The summed E-state index contributed by atoms with van der Waals surface area (Å²) >= 11 is 0. The first kappa shape index (κ1) is 18.3. The molecule has 1 aliphatic rings. The molecule has 0 unspecified atom stereocenters. The Hall–Kier alpha value is -2.54. The topological polar surface area (TPSA) is 86.1 Å². The van der Waals surface area contributed by atoms with E-state index in [1.54, 1.807) is 31.6 Å². The fourth-order valence-electron chi connectivity index (χ4n) is 3.01. The van der Waals surface area contributed by atoms with Gasteiger partial charge in [-0.1, -0.05) is 0 Å². The molecule has 0 radical (unpaired) electrons. The van der Waals surface area contributed by atoms with E-state index in [0.717, 1.165) is 37.1 Å². The Kier molecular flexibility index (Phi) is 5.18. The Labute approximate surface area is 152 Å². The third-order valence-electron chi connectivity index (χ3n) is 4.90. The highest BCUT2D eigenvalue weighted by Crippen LogP contribution is 2.32. The minimum absolute atomic E-state index is 0.124. The molecule has 2 aromatic rings. The summed E-state index contributed by atoms with van der Waals surface area (Å²) in [6.07, 6.45) is 6.46. The SMILES string of the molecule is Cc1ccc(C(=O)NCc2cnc([C@@]3(C)CCCCO3)nc2)c(=O)n1C. The van der Waals surface area contributed by atoms with E-state index in [1.165, 1.54) is 4.57 Å². The van der Waals surface area contributed by atoms with Gasteiger partial charge in [0.25, 0.3) is 11.5 Å². The van der Waals surface area contributed by atoms with Gasteiger partial charge in [-0.25, -0.2) is 9.97 Å². The molecule has 2 aromatic heterocycles. The van der Waals surface area contributed by atoms with Gasteiger partial charge in [0.05, 0.1) is 0 Å². The summed E-state index contributed by atoms with van der Waals surface area (Å²) in [7, 11) is 1.65. The van der Waals surface area contributed by atoms with E-state index in [-0.39, 0.29) is 17.7 Å². The number of rotatable bonds is 4. The van der Waals surface area contributed by atoms with Gasteiger partial charge in [-0.05, 0) is 45.2 Å². The highest BCUT2D eigenvalue weighted by atomic mass is 16.5. The lowest BCUT2D eigenvalue weighted by Gasteiger charge is -2.32. The summed E-state index contributed by atoms with van der Waals surface area (Å²) in [6, 6.07) is 3.30. The van der Waals surface area contributed by atoms with E-state index in [0.29, 0.717) is 5.82 Å². The van der Waals surface area contributed by atoms with Gasteiger partial charge in [0.1, 0.15) is 11.2 Å². The molecule has 26 heavy (non-hydrogen) atoms. The van der Waals surface area contributed by atoms with Crippen molar-refractivity contribution >= 4 is 5.91 Å². The van der Waals surface area contributed by atoms with E-state index < -0.39 is 11.5 Å². The molecular formula is C19H24N4O3. The molecule has 1 fully saturated rings. The summed E-state index contributed by atoms with van der Waals surface area (Å²) in [5.74, 6) is 0.261. The Morgan fingerprint density at radius 2 is 2.04 bits per heavy atom. The summed E-state index contributed by atoms with van der Waals surface area (Å²) < 4.78 is 7.31. The predicted octanol–water partition coefficient (Wildman–Crippen LogP) is 1.83. The second-order valence-electron chi connectivity index (χ2n) is 6.89. The Balaban J connectivity index is 1.66. The summed E-state index contributed by atoms with van der Waals surface area (Å²) in [5.41, 5.74) is 0.948. The van der Waals surface area contributed by atoms with E-state index in [2.05, 4.69) is 15.3 Å². The minimum atomic E-state index is -0.436. The number of hydrogen-bond donors (Lipinski definition) is 1. The molecule has 3 rings (SSSR count). The molecular weight excluding hydrogens is 332 g/mol. The number of carbonyl (C=O) groups excluding carboxylic acids is 1. The molecule has 0 aliphatic carbocycles. The van der Waals surface area contributed by atoms with Crippen LogP contribution in [0, 0.1) is 6.92 Å². The van der Waals surface area contributed by atoms with Crippen LogP contribution in [0.15, 0.2) is 29.3 Å². The molecule has 3 heterocycles. The third kappa shape index (κ3) is 3.67. The van der Waals surface area contributed by atoms with Crippen LogP contribution in [0.3, 0.4) is 0 Å². The largest absolute Gasteiger partial charge is 0.367 e. The normalized spacial score (nSPS) is 20.0. The lowest BCUT2D eigenvalue weighted by molar-refractivity contribution is -0.0760. The van der Waals surface area contributed by atoms with Crippen LogP contribution in [-0.2, 0) is 23.9 Å². The van der Waals surface area contributed by atoms with Crippen molar-refractivity contribution in [3.8, 4) is 0 Å². The van der Waals surface area contributed by atoms with Crippen molar-refractivity contribution in [2.75, 3.05) is 6.61 Å². The van der Waals surface area contributed by atoms with Crippen molar-refractivity contribution in [1.82, 2.24) is 19.9 Å². The highest BCUT2D eigenvalue weighted by molar-refractivity contribution is 5.93. The number of nitrogens with zero attached hydrogens (tertiary/aromatic N) is 3. The molecule has 1 saturated heterocycles. The third-order valence-corrected chi connectivity index (χ3v) is 4.90. The van der Waals surface area contributed by atoms with Gasteiger partial charge < -0.3 is 14.6 Å². The van der Waals surface area contributed by atoms with Gasteiger partial charge >= 0.3 is 0 Å². The van der Waals surface area contributed by atoms with Gasteiger partial charge in [0, 0.05) is 43.9 Å². The Morgan fingerprint density at radius 3 is 2.69 bits per heavy atom. The first-order chi connectivity index (χ1) is 12.4. The molecule has 1 atom stereocenters. The van der Waals surface area contributed by atoms with E-state index in [4.69, 9.17) is 4.74 Å². The number of aryl methyl sites for hydroxylation is 1. The molecule has 0 aromatic carbocycles. The first-order valence-corrected chi connectivity index (χ1v) is 8.81. The first-order valence-electron chi connectivity index (χ1n) is 8.81. The average Bonchev–Trinajstić information content (AvgIpc) is 2.65. The van der Waals surface area contributed by atoms with Crippen LogP contribution in [0.5, 0.6) is 0 Å². The van der Waals surface area contributed by atoms with Gasteiger partial charge in [-0.3, -0.25) is 9.59 Å². The van der Waals surface area contributed by atoms with Crippen LogP contribution in [0.4, 0.5) is 0 Å². The molecule has 7 heteroatoms. The smallest absolute Gasteiger partial charge is 0.263 e. The van der Waals surface area contributed by atoms with Crippen LogP contribution in [-0.4, -0.2) is 27.0 Å². The molecule has 1 aliphatic heterocycles. The van der Waals surface area contributed by atoms with Crippen molar-refractivity contribution in [2.24, 2.45) is 7.05 Å². The fourth-order valence-corrected chi connectivity index (χ4v) is 3.01. The number of carbonyl (C=O) groups is 1. The molecule has 0 spiro atoms. The average molecular weight is 356 g/mol. The molecule has 7 nitrogen and oxygen atoms in total. The van der Waals surface area contributed by atoms with Gasteiger partial charge in [-0.15, -0.1) is 0 Å². The summed E-state index contributed by atoms with van der Waals surface area (Å²) in [6.45, 7) is 4.81. The maximum Gasteiger partial charge on any atom is 0.263 e.